The third kappa shape index (κ3) is 3.85. The molecule has 0 aliphatic carbocycles. The molecule has 0 amide bonds. The van der Waals surface area contributed by atoms with Crippen LogP contribution in [0.2, 0.25) is 0 Å². The van der Waals surface area contributed by atoms with Gasteiger partial charge in [-0.15, -0.1) is 0 Å². The van der Waals surface area contributed by atoms with Crippen LogP contribution in [0.15, 0.2) is 36.7 Å². The second kappa shape index (κ2) is 6.23. The lowest BCUT2D eigenvalue weighted by molar-refractivity contribution is 0.0697. The van der Waals surface area contributed by atoms with E-state index >= 15 is 0 Å². The number of aryl methyl sites for hydroxylation is 2. The van der Waals surface area contributed by atoms with Gasteiger partial charge in [0.05, 0.1) is 5.56 Å². The Bertz CT molecular complexity index is 579. The Morgan fingerprint density at radius 1 is 1.45 bits per heavy atom. The van der Waals surface area contributed by atoms with Crippen molar-refractivity contribution in [1.82, 2.24) is 9.78 Å². The van der Waals surface area contributed by atoms with Crippen molar-refractivity contribution in [3.63, 3.8) is 0 Å². The summed E-state index contributed by atoms with van der Waals surface area (Å²) in [5, 5.41) is 16.6. The molecule has 0 aliphatic rings. The number of nitrogens with zero attached hydrogens (tertiary/aromatic N) is 2. The van der Waals surface area contributed by atoms with E-state index < -0.39 is 5.97 Å². The minimum absolute atomic E-state index is 0.239. The second-order valence-electron chi connectivity index (χ2n) is 5.00. The van der Waals surface area contributed by atoms with Gasteiger partial charge in [0, 0.05) is 30.7 Å². The Kier molecular flexibility index (Phi) is 4.40. The standard InChI is InChI=1S/C15H19N3O2/c1-11-8-13(15(19)20)10-14(9-11)17-12(2)4-7-18-6-3-5-16-18/h3,5-6,8-10,12,17H,4,7H2,1-2H3,(H,19,20). The van der Waals surface area contributed by atoms with Gasteiger partial charge in [-0.25, -0.2) is 4.79 Å². The van der Waals surface area contributed by atoms with Gasteiger partial charge in [-0.2, -0.15) is 5.10 Å². The number of carbonyl (C=O) groups is 1. The lowest BCUT2D eigenvalue weighted by Gasteiger charge is -2.16. The highest BCUT2D eigenvalue weighted by Gasteiger charge is 2.08. The zero-order chi connectivity index (χ0) is 14.5. The molecule has 0 saturated carbocycles. The van der Waals surface area contributed by atoms with Gasteiger partial charge in [0.25, 0.3) is 0 Å². The van der Waals surface area contributed by atoms with E-state index in [9.17, 15) is 4.79 Å². The first kappa shape index (κ1) is 14.1. The van der Waals surface area contributed by atoms with Gasteiger partial charge in [-0.05, 0) is 50.1 Å². The molecule has 0 saturated heterocycles. The van der Waals surface area contributed by atoms with Crippen LogP contribution in [0.3, 0.4) is 0 Å². The summed E-state index contributed by atoms with van der Waals surface area (Å²) >= 11 is 0. The number of hydrogen-bond acceptors (Lipinski definition) is 3. The molecule has 20 heavy (non-hydrogen) atoms. The van der Waals surface area contributed by atoms with E-state index in [1.54, 1.807) is 18.3 Å². The molecule has 5 nitrogen and oxygen atoms in total. The van der Waals surface area contributed by atoms with Crippen molar-refractivity contribution in [1.29, 1.82) is 0 Å². The third-order valence-corrected chi connectivity index (χ3v) is 3.09. The summed E-state index contributed by atoms with van der Waals surface area (Å²) in [6.07, 6.45) is 4.61. The predicted octanol–water partition coefficient (Wildman–Crippen LogP) is 2.78. The molecule has 0 radical (unpaired) electrons. The van der Waals surface area contributed by atoms with Crippen LogP contribution in [0, 0.1) is 6.92 Å². The lowest BCUT2D eigenvalue weighted by atomic mass is 10.1. The molecule has 106 valence electrons. The fourth-order valence-electron chi connectivity index (χ4n) is 2.11. The summed E-state index contributed by atoms with van der Waals surface area (Å²) in [5.41, 5.74) is 2.09. The highest BCUT2D eigenvalue weighted by molar-refractivity contribution is 5.89. The molecule has 1 unspecified atom stereocenters. The van der Waals surface area contributed by atoms with Crippen LogP contribution in [0.25, 0.3) is 0 Å². The number of aromatic nitrogens is 2. The number of rotatable bonds is 6. The largest absolute Gasteiger partial charge is 0.478 e. The van der Waals surface area contributed by atoms with E-state index in [0.717, 1.165) is 24.2 Å². The predicted molar refractivity (Wildman–Crippen MR) is 78.1 cm³/mol. The number of carboxylic acids is 1. The number of hydrogen-bond donors (Lipinski definition) is 2. The van der Waals surface area contributed by atoms with Crippen molar-refractivity contribution in [2.75, 3.05) is 5.32 Å². The van der Waals surface area contributed by atoms with Crippen molar-refractivity contribution in [3.8, 4) is 0 Å². The molecule has 0 spiro atoms. The van der Waals surface area contributed by atoms with E-state index in [4.69, 9.17) is 5.11 Å². The SMILES string of the molecule is Cc1cc(NC(C)CCn2cccn2)cc(C(=O)O)c1. The first-order chi connectivity index (χ1) is 9.54. The van der Waals surface area contributed by atoms with Crippen molar-refractivity contribution >= 4 is 11.7 Å². The number of nitrogens with one attached hydrogen (secondary N) is 1. The first-order valence-corrected chi connectivity index (χ1v) is 6.63. The van der Waals surface area contributed by atoms with Crippen molar-refractivity contribution in [3.05, 3.63) is 47.8 Å². The van der Waals surface area contributed by atoms with E-state index in [-0.39, 0.29) is 6.04 Å². The molecule has 0 fully saturated rings. The van der Waals surface area contributed by atoms with Crippen LogP contribution in [0.5, 0.6) is 0 Å². The van der Waals surface area contributed by atoms with Crippen LogP contribution < -0.4 is 5.32 Å². The fraction of sp³-hybridized carbons (Fsp3) is 0.333. The summed E-state index contributed by atoms with van der Waals surface area (Å²) in [5.74, 6) is -0.902. The average Bonchev–Trinajstić information content (AvgIpc) is 2.88. The molecule has 1 aromatic carbocycles. The van der Waals surface area contributed by atoms with Gasteiger partial charge in [-0.1, -0.05) is 0 Å². The normalized spacial score (nSPS) is 12.1. The maximum atomic E-state index is 11.0. The maximum Gasteiger partial charge on any atom is 0.335 e. The molecule has 2 aromatic rings. The molecule has 2 N–H and O–H groups in total. The zero-order valence-corrected chi connectivity index (χ0v) is 11.7. The third-order valence-electron chi connectivity index (χ3n) is 3.09. The maximum absolute atomic E-state index is 11.0. The quantitative estimate of drug-likeness (QED) is 0.849. The molecule has 1 atom stereocenters. The highest BCUT2D eigenvalue weighted by atomic mass is 16.4. The zero-order valence-electron chi connectivity index (χ0n) is 11.7. The Morgan fingerprint density at radius 3 is 2.90 bits per heavy atom. The van der Waals surface area contributed by atoms with Crippen molar-refractivity contribution in [2.45, 2.75) is 32.9 Å². The van der Waals surface area contributed by atoms with Crippen LogP contribution >= 0.6 is 0 Å². The van der Waals surface area contributed by atoms with Gasteiger partial charge >= 0.3 is 5.97 Å². The van der Waals surface area contributed by atoms with E-state index in [1.807, 2.05) is 29.9 Å². The monoisotopic (exact) mass is 273 g/mol. The fourth-order valence-corrected chi connectivity index (χ4v) is 2.11. The molecule has 0 aliphatic heterocycles. The molecule has 2 rings (SSSR count). The van der Waals surface area contributed by atoms with E-state index in [2.05, 4.69) is 17.3 Å². The van der Waals surface area contributed by atoms with Gasteiger partial charge in [0.15, 0.2) is 0 Å². The summed E-state index contributed by atoms with van der Waals surface area (Å²) in [6.45, 7) is 4.80. The highest BCUT2D eigenvalue weighted by Crippen LogP contribution is 2.16. The summed E-state index contributed by atoms with van der Waals surface area (Å²) in [6, 6.07) is 7.43. The molecular formula is C15H19N3O2. The molecule has 1 heterocycles. The van der Waals surface area contributed by atoms with Crippen LogP contribution in [-0.4, -0.2) is 26.9 Å². The summed E-state index contributed by atoms with van der Waals surface area (Å²) in [4.78, 5) is 11.0. The van der Waals surface area contributed by atoms with Crippen LogP contribution in [0.4, 0.5) is 5.69 Å². The van der Waals surface area contributed by atoms with Gasteiger partial charge in [0.2, 0.25) is 0 Å². The lowest BCUT2D eigenvalue weighted by Crippen LogP contribution is -2.18. The molecule has 0 bridgehead atoms. The molecular weight excluding hydrogens is 254 g/mol. The summed E-state index contributed by atoms with van der Waals surface area (Å²) in [7, 11) is 0. The second-order valence-corrected chi connectivity index (χ2v) is 5.00. The minimum atomic E-state index is -0.902. The Morgan fingerprint density at radius 2 is 2.25 bits per heavy atom. The Hall–Kier alpha value is -2.30. The van der Waals surface area contributed by atoms with Crippen LogP contribution in [-0.2, 0) is 6.54 Å². The van der Waals surface area contributed by atoms with Crippen molar-refractivity contribution < 1.29 is 9.90 Å². The van der Waals surface area contributed by atoms with Crippen LogP contribution in [0.1, 0.15) is 29.3 Å². The smallest absolute Gasteiger partial charge is 0.335 e. The van der Waals surface area contributed by atoms with Gasteiger partial charge in [0.1, 0.15) is 0 Å². The Labute approximate surface area is 118 Å². The van der Waals surface area contributed by atoms with E-state index in [0.29, 0.717) is 5.56 Å². The number of anilines is 1. The first-order valence-electron chi connectivity index (χ1n) is 6.63. The number of benzene rings is 1. The van der Waals surface area contributed by atoms with Gasteiger partial charge < -0.3 is 10.4 Å². The molecule has 5 heteroatoms. The van der Waals surface area contributed by atoms with Gasteiger partial charge in [-0.3, -0.25) is 4.68 Å². The summed E-state index contributed by atoms with van der Waals surface area (Å²) < 4.78 is 1.89. The molecule has 1 aromatic heterocycles. The number of aromatic carboxylic acids is 1. The average molecular weight is 273 g/mol. The van der Waals surface area contributed by atoms with Crippen molar-refractivity contribution in [2.24, 2.45) is 0 Å². The Balaban J connectivity index is 1.96. The minimum Gasteiger partial charge on any atom is -0.478 e. The number of carboxylic acid groups (broad SMARTS) is 1. The topological polar surface area (TPSA) is 67.2 Å². The van der Waals surface area contributed by atoms with E-state index in [1.165, 1.54) is 0 Å².